The minimum absolute atomic E-state index is 0.0426. The van der Waals surface area contributed by atoms with E-state index in [9.17, 15) is 9.59 Å². The van der Waals surface area contributed by atoms with E-state index in [0.29, 0.717) is 12.5 Å². The van der Waals surface area contributed by atoms with Gasteiger partial charge in [-0.2, -0.15) is 5.10 Å². The lowest BCUT2D eigenvalue weighted by Gasteiger charge is -2.21. The summed E-state index contributed by atoms with van der Waals surface area (Å²) in [6.07, 6.45) is 3.62. The van der Waals surface area contributed by atoms with Crippen molar-refractivity contribution in [2.45, 2.75) is 46.7 Å². The van der Waals surface area contributed by atoms with Gasteiger partial charge in [0.15, 0.2) is 5.78 Å². The molecular weight excluding hydrogens is 256 g/mol. The van der Waals surface area contributed by atoms with Crippen molar-refractivity contribution in [1.29, 1.82) is 0 Å². The van der Waals surface area contributed by atoms with Crippen molar-refractivity contribution in [3.05, 3.63) is 16.8 Å². The van der Waals surface area contributed by atoms with Crippen molar-refractivity contribution >= 4 is 5.78 Å². The average Bonchev–Trinajstić information content (AvgIpc) is 2.72. The highest BCUT2D eigenvalue weighted by Gasteiger charge is 2.23. The number of carbonyl (C=O) groups is 1. The normalized spacial score (nSPS) is 17.4. The van der Waals surface area contributed by atoms with E-state index < -0.39 is 5.41 Å². The number of aromatic nitrogens is 3. The fourth-order valence-electron chi connectivity index (χ4n) is 2.31. The monoisotopic (exact) mass is 280 g/mol. The molecule has 0 saturated carbocycles. The second-order valence-electron chi connectivity index (χ2n) is 6.59. The molecule has 112 valence electrons. The molecule has 0 amide bonds. The second-order valence-corrected chi connectivity index (χ2v) is 6.59. The van der Waals surface area contributed by atoms with Gasteiger partial charge in [0, 0.05) is 12.0 Å². The third-order valence-electron chi connectivity index (χ3n) is 3.84. The van der Waals surface area contributed by atoms with Gasteiger partial charge in [0.05, 0.1) is 6.54 Å². The van der Waals surface area contributed by atoms with Gasteiger partial charge < -0.3 is 5.32 Å². The molecule has 0 spiro atoms. The van der Waals surface area contributed by atoms with Crippen molar-refractivity contribution < 1.29 is 4.79 Å². The number of rotatable bonds is 4. The molecule has 6 heteroatoms. The van der Waals surface area contributed by atoms with Crippen LogP contribution in [0.3, 0.4) is 0 Å². The SMILES string of the molecule is CC(C)(C)C(=O)Cn1cnn(CC2CCNCC2)c1=O. The first-order valence-corrected chi connectivity index (χ1v) is 7.24. The summed E-state index contributed by atoms with van der Waals surface area (Å²) < 4.78 is 2.90. The van der Waals surface area contributed by atoms with Gasteiger partial charge in [-0.05, 0) is 31.8 Å². The van der Waals surface area contributed by atoms with Crippen LogP contribution in [0.4, 0.5) is 0 Å². The number of hydrogen-bond donors (Lipinski definition) is 1. The summed E-state index contributed by atoms with van der Waals surface area (Å²) in [4.78, 5) is 24.2. The number of piperidine rings is 1. The van der Waals surface area contributed by atoms with Gasteiger partial charge in [-0.1, -0.05) is 20.8 Å². The van der Waals surface area contributed by atoms with Crippen molar-refractivity contribution in [2.24, 2.45) is 11.3 Å². The van der Waals surface area contributed by atoms with Gasteiger partial charge in [0.25, 0.3) is 0 Å². The lowest BCUT2D eigenvalue weighted by atomic mass is 9.91. The molecule has 1 aromatic heterocycles. The minimum atomic E-state index is -0.434. The molecular formula is C14H24N4O2. The third-order valence-corrected chi connectivity index (χ3v) is 3.84. The number of hydrogen-bond acceptors (Lipinski definition) is 4. The molecule has 1 saturated heterocycles. The summed E-state index contributed by atoms with van der Waals surface area (Å²) in [5.74, 6) is 0.539. The lowest BCUT2D eigenvalue weighted by Crippen LogP contribution is -2.35. The Kier molecular flexibility index (Phi) is 4.42. The van der Waals surface area contributed by atoms with E-state index in [4.69, 9.17) is 0 Å². The van der Waals surface area contributed by atoms with Crippen LogP contribution in [0.15, 0.2) is 11.1 Å². The minimum Gasteiger partial charge on any atom is -0.317 e. The quantitative estimate of drug-likeness (QED) is 0.879. The maximum Gasteiger partial charge on any atom is 0.346 e. The standard InChI is InChI=1S/C14H24N4O2/c1-14(2,3)12(19)9-17-10-16-18(13(17)20)8-11-4-6-15-7-5-11/h10-11,15H,4-9H2,1-3H3. The second kappa shape index (κ2) is 5.91. The van der Waals surface area contributed by atoms with Gasteiger partial charge in [0.2, 0.25) is 0 Å². The van der Waals surface area contributed by atoms with Crippen LogP contribution in [0.1, 0.15) is 33.6 Å². The highest BCUT2D eigenvalue weighted by Crippen LogP contribution is 2.15. The van der Waals surface area contributed by atoms with Crippen LogP contribution < -0.4 is 11.0 Å². The number of ketones is 1. The van der Waals surface area contributed by atoms with Crippen molar-refractivity contribution in [3.63, 3.8) is 0 Å². The molecule has 0 unspecified atom stereocenters. The van der Waals surface area contributed by atoms with Gasteiger partial charge in [-0.25, -0.2) is 9.48 Å². The lowest BCUT2D eigenvalue weighted by molar-refractivity contribution is -0.126. The maximum absolute atomic E-state index is 12.2. The zero-order chi connectivity index (χ0) is 14.8. The number of Topliss-reactive ketones (excluding diaryl/α,β-unsaturated/α-hetero) is 1. The zero-order valence-corrected chi connectivity index (χ0v) is 12.6. The van der Waals surface area contributed by atoms with Crippen molar-refractivity contribution in [1.82, 2.24) is 19.7 Å². The predicted molar refractivity (Wildman–Crippen MR) is 76.5 cm³/mol. The fraction of sp³-hybridized carbons (Fsp3) is 0.786. The molecule has 6 nitrogen and oxygen atoms in total. The zero-order valence-electron chi connectivity index (χ0n) is 12.6. The Morgan fingerprint density at radius 1 is 1.40 bits per heavy atom. The van der Waals surface area contributed by atoms with Crippen LogP contribution in [0.25, 0.3) is 0 Å². The first kappa shape index (κ1) is 15.0. The van der Waals surface area contributed by atoms with Crippen LogP contribution in [0.5, 0.6) is 0 Å². The summed E-state index contributed by atoms with van der Waals surface area (Å²) in [5, 5.41) is 7.44. The van der Waals surface area contributed by atoms with Crippen molar-refractivity contribution in [3.8, 4) is 0 Å². The smallest absolute Gasteiger partial charge is 0.317 e. The molecule has 2 heterocycles. The Labute approximate surface area is 119 Å². The van der Waals surface area contributed by atoms with Crippen LogP contribution in [0, 0.1) is 11.3 Å². The van der Waals surface area contributed by atoms with E-state index in [1.54, 1.807) is 0 Å². The molecule has 0 aromatic carbocycles. The predicted octanol–water partition coefficient (Wildman–Crippen LogP) is 0.660. The topological polar surface area (TPSA) is 68.9 Å². The van der Waals surface area contributed by atoms with E-state index >= 15 is 0 Å². The third kappa shape index (κ3) is 3.56. The molecule has 2 rings (SSSR count). The molecule has 1 aliphatic heterocycles. The number of nitrogens with one attached hydrogen (secondary N) is 1. The summed E-state index contributed by atoms with van der Waals surface area (Å²) in [5.41, 5.74) is -0.613. The van der Waals surface area contributed by atoms with Crippen LogP contribution in [0.2, 0.25) is 0 Å². The fourth-order valence-corrected chi connectivity index (χ4v) is 2.31. The largest absolute Gasteiger partial charge is 0.346 e. The molecule has 0 bridgehead atoms. The number of nitrogens with zero attached hydrogens (tertiary/aromatic N) is 3. The first-order chi connectivity index (χ1) is 9.38. The van der Waals surface area contributed by atoms with E-state index in [2.05, 4.69) is 10.4 Å². The first-order valence-electron chi connectivity index (χ1n) is 7.24. The molecule has 1 aliphatic rings. The highest BCUT2D eigenvalue weighted by molar-refractivity contribution is 5.83. The Morgan fingerprint density at radius 3 is 2.65 bits per heavy atom. The Morgan fingerprint density at radius 2 is 2.05 bits per heavy atom. The average molecular weight is 280 g/mol. The molecule has 1 N–H and O–H groups in total. The summed E-state index contributed by atoms with van der Waals surface area (Å²) >= 11 is 0. The highest BCUT2D eigenvalue weighted by atomic mass is 16.2. The van der Waals surface area contributed by atoms with Gasteiger partial charge in [-0.15, -0.1) is 0 Å². The molecule has 20 heavy (non-hydrogen) atoms. The molecule has 0 aliphatic carbocycles. The molecule has 0 atom stereocenters. The maximum atomic E-state index is 12.2. The van der Waals surface area contributed by atoms with Gasteiger partial charge in [-0.3, -0.25) is 9.36 Å². The summed E-state index contributed by atoms with van der Waals surface area (Å²) in [6.45, 7) is 8.34. The molecule has 1 aromatic rings. The van der Waals surface area contributed by atoms with E-state index in [0.717, 1.165) is 25.9 Å². The van der Waals surface area contributed by atoms with Gasteiger partial charge in [0.1, 0.15) is 6.33 Å². The summed E-state index contributed by atoms with van der Waals surface area (Å²) in [6, 6.07) is 0. The Balaban J connectivity index is 2.03. The summed E-state index contributed by atoms with van der Waals surface area (Å²) in [7, 11) is 0. The molecule has 1 fully saturated rings. The van der Waals surface area contributed by atoms with E-state index in [1.807, 2.05) is 20.8 Å². The van der Waals surface area contributed by atoms with Gasteiger partial charge >= 0.3 is 5.69 Å². The van der Waals surface area contributed by atoms with E-state index in [1.165, 1.54) is 15.6 Å². The number of carbonyl (C=O) groups excluding carboxylic acids is 1. The Bertz CT molecular complexity index is 518. The molecule has 0 radical (unpaired) electrons. The van der Waals surface area contributed by atoms with Crippen molar-refractivity contribution in [2.75, 3.05) is 13.1 Å². The van der Waals surface area contributed by atoms with Crippen LogP contribution >= 0.6 is 0 Å². The van der Waals surface area contributed by atoms with E-state index in [-0.39, 0.29) is 18.0 Å². The van der Waals surface area contributed by atoms with Crippen LogP contribution in [-0.2, 0) is 17.9 Å². The van der Waals surface area contributed by atoms with Crippen LogP contribution in [-0.4, -0.2) is 33.2 Å². The Hall–Kier alpha value is -1.43.